The second-order valence-electron chi connectivity index (χ2n) is 5.50. The third-order valence-electron chi connectivity index (χ3n) is 3.44. The Morgan fingerprint density at radius 2 is 2.11 bits per heavy atom. The summed E-state index contributed by atoms with van der Waals surface area (Å²) in [5.41, 5.74) is 0.590. The quantitative estimate of drug-likeness (QED) is 0.660. The molecule has 0 aromatic carbocycles. The zero-order chi connectivity index (χ0) is 13.4. The van der Waals surface area contributed by atoms with E-state index in [2.05, 4.69) is 17.3 Å². The van der Waals surface area contributed by atoms with Crippen LogP contribution in [-0.4, -0.2) is 20.7 Å². The minimum atomic E-state index is -0.342. The Kier molecular flexibility index (Phi) is 3.28. The second kappa shape index (κ2) is 4.59. The number of rotatable bonds is 4. The van der Waals surface area contributed by atoms with Gasteiger partial charge in [-0.25, -0.2) is 4.68 Å². The second-order valence-corrected chi connectivity index (χ2v) is 5.50. The predicted octanol–water partition coefficient (Wildman–Crippen LogP) is 2.89. The number of aryl methyl sites for hydroxylation is 1. The van der Waals surface area contributed by atoms with Gasteiger partial charge in [0.1, 0.15) is 5.69 Å². The van der Waals surface area contributed by atoms with Crippen molar-refractivity contribution in [2.24, 2.45) is 5.92 Å². The lowest BCUT2D eigenvalue weighted by Crippen LogP contribution is -2.34. The van der Waals surface area contributed by atoms with Gasteiger partial charge in [-0.1, -0.05) is 6.92 Å². The lowest BCUT2D eigenvalue weighted by atomic mass is 9.82. The predicted molar refractivity (Wildman–Crippen MR) is 69.8 cm³/mol. The highest BCUT2D eigenvalue weighted by Gasteiger charge is 2.32. The maximum atomic E-state index is 11.1. The zero-order valence-corrected chi connectivity index (χ0v) is 11.3. The minimum Gasteiger partial charge on any atom is -0.362 e. The first-order chi connectivity index (χ1) is 8.40. The van der Waals surface area contributed by atoms with Crippen LogP contribution < -0.4 is 5.32 Å². The highest BCUT2D eigenvalue weighted by atomic mass is 16.6. The van der Waals surface area contributed by atoms with Crippen LogP contribution in [0.1, 0.15) is 45.3 Å². The number of hydrogen-bond donors (Lipinski definition) is 1. The molecule has 0 spiro atoms. The Labute approximate surface area is 107 Å². The summed E-state index contributed by atoms with van der Waals surface area (Å²) in [6, 6.07) is 0.449. The van der Waals surface area contributed by atoms with Crippen molar-refractivity contribution in [3.05, 3.63) is 15.8 Å². The molecule has 0 radical (unpaired) electrons. The maximum absolute atomic E-state index is 11.1. The van der Waals surface area contributed by atoms with Crippen LogP contribution in [0, 0.1) is 23.0 Å². The largest absolute Gasteiger partial charge is 0.362 e. The van der Waals surface area contributed by atoms with Gasteiger partial charge in [0.2, 0.25) is 5.82 Å². The molecule has 0 amide bonds. The Morgan fingerprint density at radius 1 is 1.50 bits per heavy atom. The SMILES string of the molecule is Cc1nn(C(C)C)c(NC2CC(C)C2)c1[N+](=O)[O-]. The van der Waals surface area contributed by atoms with Gasteiger partial charge in [-0.2, -0.15) is 5.10 Å². The first-order valence-corrected chi connectivity index (χ1v) is 6.40. The highest BCUT2D eigenvalue weighted by molar-refractivity contribution is 5.60. The Hall–Kier alpha value is -1.59. The smallest absolute Gasteiger partial charge is 0.333 e. The lowest BCUT2D eigenvalue weighted by molar-refractivity contribution is -0.384. The molecule has 1 saturated carbocycles. The fraction of sp³-hybridized carbons (Fsp3) is 0.750. The van der Waals surface area contributed by atoms with Gasteiger partial charge >= 0.3 is 5.69 Å². The van der Waals surface area contributed by atoms with E-state index in [1.165, 1.54) is 0 Å². The lowest BCUT2D eigenvalue weighted by Gasteiger charge is -2.33. The van der Waals surface area contributed by atoms with Gasteiger partial charge in [-0.05, 0) is 39.5 Å². The number of nitro groups is 1. The summed E-state index contributed by atoms with van der Waals surface area (Å²) >= 11 is 0. The molecular formula is C12H20N4O2. The van der Waals surface area contributed by atoms with Crippen molar-refractivity contribution in [1.82, 2.24) is 9.78 Å². The highest BCUT2D eigenvalue weighted by Crippen LogP contribution is 2.35. The molecule has 18 heavy (non-hydrogen) atoms. The minimum absolute atomic E-state index is 0.109. The van der Waals surface area contributed by atoms with Crippen molar-refractivity contribution < 1.29 is 4.92 Å². The third-order valence-corrected chi connectivity index (χ3v) is 3.44. The number of nitrogens with zero attached hydrogens (tertiary/aromatic N) is 3. The standard InChI is InChI=1S/C12H20N4O2/c1-7(2)15-12(13-10-5-8(3)6-10)11(16(17)18)9(4)14-15/h7-8,10,13H,5-6H2,1-4H3. The monoisotopic (exact) mass is 252 g/mol. The summed E-state index contributed by atoms with van der Waals surface area (Å²) in [5, 5.41) is 18.7. The Bertz CT molecular complexity index is 461. The molecule has 1 aliphatic carbocycles. The van der Waals surface area contributed by atoms with Crippen LogP contribution in [0.2, 0.25) is 0 Å². The van der Waals surface area contributed by atoms with E-state index in [-0.39, 0.29) is 16.7 Å². The zero-order valence-electron chi connectivity index (χ0n) is 11.3. The molecule has 0 aliphatic heterocycles. The van der Waals surface area contributed by atoms with E-state index >= 15 is 0 Å². The summed E-state index contributed by atoms with van der Waals surface area (Å²) in [6.45, 7) is 7.83. The molecule has 0 unspecified atom stereocenters. The molecule has 0 saturated heterocycles. The van der Waals surface area contributed by atoms with Crippen molar-refractivity contribution in [1.29, 1.82) is 0 Å². The molecule has 0 bridgehead atoms. The van der Waals surface area contributed by atoms with Crippen LogP contribution in [0.25, 0.3) is 0 Å². The summed E-state index contributed by atoms with van der Waals surface area (Å²) in [5.74, 6) is 1.27. The number of aromatic nitrogens is 2. The summed E-state index contributed by atoms with van der Waals surface area (Å²) in [7, 11) is 0. The number of anilines is 1. The number of hydrogen-bond acceptors (Lipinski definition) is 4. The topological polar surface area (TPSA) is 73.0 Å². The first-order valence-electron chi connectivity index (χ1n) is 6.40. The maximum Gasteiger partial charge on any atom is 0.333 e. The molecule has 1 aromatic rings. The molecule has 1 aliphatic rings. The molecule has 0 atom stereocenters. The molecule has 6 heteroatoms. The van der Waals surface area contributed by atoms with Crippen molar-refractivity contribution in [3.63, 3.8) is 0 Å². The summed E-state index contributed by atoms with van der Waals surface area (Å²) < 4.78 is 1.72. The first kappa shape index (κ1) is 12.9. The average Bonchev–Trinajstić information content (AvgIpc) is 2.53. The molecule has 1 fully saturated rings. The van der Waals surface area contributed by atoms with Gasteiger partial charge in [0.25, 0.3) is 0 Å². The van der Waals surface area contributed by atoms with E-state index in [9.17, 15) is 10.1 Å². The van der Waals surface area contributed by atoms with Crippen LogP contribution in [-0.2, 0) is 0 Å². The van der Waals surface area contributed by atoms with Crippen LogP contribution in [0.15, 0.2) is 0 Å². The van der Waals surface area contributed by atoms with E-state index < -0.39 is 0 Å². The molecule has 6 nitrogen and oxygen atoms in total. The van der Waals surface area contributed by atoms with Gasteiger partial charge in [0.05, 0.1) is 4.92 Å². The van der Waals surface area contributed by atoms with Crippen LogP contribution in [0.5, 0.6) is 0 Å². The average molecular weight is 252 g/mol. The molecule has 1 heterocycles. The van der Waals surface area contributed by atoms with Crippen LogP contribution >= 0.6 is 0 Å². The van der Waals surface area contributed by atoms with Crippen LogP contribution in [0.4, 0.5) is 11.5 Å². The van der Waals surface area contributed by atoms with Crippen molar-refractivity contribution in [3.8, 4) is 0 Å². The summed E-state index contributed by atoms with van der Waals surface area (Å²) in [6.07, 6.45) is 2.14. The van der Waals surface area contributed by atoms with E-state index in [1.54, 1.807) is 11.6 Å². The fourth-order valence-corrected chi connectivity index (χ4v) is 2.48. The normalized spacial score (nSPS) is 22.9. The van der Waals surface area contributed by atoms with Crippen LogP contribution in [0.3, 0.4) is 0 Å². The Morgan fingerprint density at radius 3 is 2.56 bits per heavy atom. The van der Waals surface area contributed by atoms with Crippen molar-refractivity contribution in [2.75, 3.05) is 5.32 Å². The van der Waals surface area contributed by atoms with E-state index in [0.29, 0.717) is 23.5 Å². The summed E-state index contributed by atoms with van der Waals surface area (Å²) in [4.78, 5) is 10.8. The van der Waals surface area contributed by atoms with Crippen molar-refractivity contribution >= 4 is 11.5 Å². The Balaban J connectivity index is 2.32. The van der Waals surface area contributed by atoms with Gasteiger partial charge in [0.15, 0.2) is 0 Å². The number of nitrogens with one attached hydrogen (secondary N) is 1. The van der Waals surface area contributed by atoms with E-state index in [4.69, 9.17) is 0 Å². The molecule has 1 N–H and O–H groups in total. The molecule has 100 valence electrons. The van der Waals surface area contributed by atoms with Crippen molar-refractivity contribution in [2.45, 2.75) is 52.6 Å². The van der Waals surface area contributed by atoms with Gasteiger partial charge in [-0.15, -0.1) is 0 Å². The molecule has 1 aromatic heterocycles. The van der Waals surface area contributed by atoms with E-state index in [1.807, 2.05) is 13.8 Å². The van der Waals surface area contributed by atoms with Gasteiger partial charge < -0.3 is 5.32 Å². The van der Waals surface area contributed by atoms with E-state index in [0.717, 1.165) is 12.8 Å². The molecule has 2 rings (SSSR count). The van der Waals surface area contributed by atoms with Gasteiger partial charge in [-0.3, -0.25) is 10.1 Å². The third kappa shape index (κ3) is 2.19. The van der Waals surface area contributed by atoms with Gasteiger partial charge in [0, 0.05) is 12.1 Å². The molecular weight excluding hydrogens is 232 g/mol. The fourth-order valence-electron chi connectivity index (χ4n) is 2.48.